The zero-order chi connectivity index (χ0) is 18.5. The summed E-state index contributed by atoms with van der Waals surface area (Å²) in [6.07, 6.45) is 3.02. The van der Waals surface area contributed by atoms with E-state index in [0.29, 0.717) is 5.69 Å². The Hall–Kier alpha value is -2.62. The first-order valence-corrected chi connectivity index (χ1v) is 9.08. The molecule has 2 aliphatic carbocycles. The summed E-state index contributed by atoms with van der Waals surface area (Å²) in [6.45, 7) is 3.35. The van der Waals surface area contributed by atoms with Crippen LogP contribution >= 0.6 is 0 Å². The standard InChI is InChI=1S/C22H23NO3/c1-21(2,20(25)26)15-7-9-16(10-8-15)23-19(24)18-13-22(18)12-11-14-5-3-4-6-17(14)22/h3-10,18H,11-13H2,1-2H3,(H,23,24)(H,25,26). The predicted molar refractivity (Wildman–Crippen MR) is 100 cm³/mol. The van der Waals surface area contributed by atoms with Crippen LogP contribution in [0.2, 0.25) is 0 Å². The number of benzene rings is 2. The first kappa shape index (κ1) is 16.8. The van der Waals surface area contributed by atoms with Crippen LogP contribution in [-0.2, 0) is 26.8 Å². The molecule has 26 heavy (non-hydrogen) atoms. The van der Waals surface area contributed by atoms with Gasteiger partial charge in [0.15, 0.2) is 0 Å². The molecule has 2 N–H and O–H groups in total. The molecule has 4 nitrogen and oxygen atoms in total. The van der Waals surface area contributed by atoms with Crippen LogP contribution in [0.3, 0.4) is 0 Å². The molecule has 4 heteroatoms. The van der Waals surface area contributed by atoms with E-state index >= 15 is 0 Å². The van der Waals surface area contributed by atoms with E-state index in [2.05, 4.69) is 29.6 Å². The quantitative estimate of drug-likeness (QED) is 0.880. The molecule has 2 aromatic rings. The van der Waals surface area contributed by atoms with Gasteiger partial charge in [0.1, 0.15) is 0 Å². The molecule has 0 bridgehead atoms. The first-order valence-electron chi connectivity index (χ1n) is 9.08. The zero-order valence-corrected chi connectivity index (χ0v) is 15.1. The Morgan fingerprint density at radius 2 is 1.81 bits per heavy atom. The molecule has 2 aliphatic rings. The van der Waals surface area contributed by atoms with Crippen LogP contribution < -0.4 is 5.32 Å². The number of carbonyl (C=O) groups is 2. The lowest BCUT2D eigenvalue weighted by atomic mass is 9.85. The summed E-state index contributed by atoms with van der Waals surface area (Å²) in [5, 5.41) is 12.3. The molecule has 0 heterocycles. The van der Waals surface area contributed by atoms with Crippen molar-refractivity contribution in [3.05, 3.63) is 65.2 Å². The van der Waals surface area contributed by atoms with Crippen molar-refractivity contribution >= 4 is 17.6 Å². The Kier molecular flexibility index (Phi) is 3.69. The zero-order valence-electron chi connectivity index (χ0n) is 15.1. The fourth-order valence-electron chi connectivity index (χ4n) is 4.26. The molecule has 1 amide bonds. The minimum atomic E-state index is -0.948. The van der Waals surface area contributed by atoms with Crippen LogP contribution in [-0.4, -0.2) is 17.0 Å². The number of amides is 1. The molecule has 0 aromatic heterocycles. The normalized spacial score (nSPS) is 23.5. The van der Waals surface area contributed by atoms with Gasteiger partial charge in [-0.25, -0.2) is 0 Å². The molecule has 2 aromatic carbocycles. The molecule has 134 valence electrons. The van der Waals surface area contributed by atoms with Gasteiger partial charge in [-0.15, -0.1) is 0 Å². The lowest BCUT2D eigenvalue weighted by molar-refractivity contribution is -0.142. The number of rotatable bonds is 4. The van der Waals surface area contributed by atoms with E-state index < -0.39 is 11.4 Å². The summed E-state index contributed by atoms with van der Waals surface area (Å²) < 4.78 is 0. The molecule has 1 spiro atoms. The smallest absolute Gasteiger partial charge is 0.313 e. The fourth-order valence-corrected chi connectivity index (χ4v) is 4.26. The highest BCUT2D eigenvalue weighted by atomic mass is 16.4. The third kappa shape index (κ3) is 2.52. The molecular formula is C22H23NO3. The van der Waals surface area contributed by atoms with Gasteiger partial charge in [0, 0.05) is 17.0 Å². The van der Waals surface area contributed by atoms with Gasteiger partial charge < -0.3 is 10.4 Å². The molecule has 4 rings (SSSR count). The predicted octanol–water partition coefficient (Wildman–Crippen LogP) is 3.89. The van der Waals surface area contributed by atoms with Crippen LogP contribution in [0.25, 0.3) is 0 Å². The van der Waals surface area contributed by atoms with Crippen LogP contribution in [0.5, 0.6) is 0 Å². The second-order valence-electron chi connectivity index (χ2n) is 8.07. The summed E-state index contributed by atoms with van der Waals surface area (Å²) in [7, 11) is 0. The fraction of sp³-hybridized carbons (Fsp3) is 0.364. The molecule has 1 fully saturated rings. The summed E-state index contributed by atoms with van der Waals surface area (Å²) in [4.78, 5) is 24.1. The van der Waals surface area contributed by atoms with Crippen molar-refractivity contribution in [1.29, 1.82) is 0 Å². The van der Waals surface area contributed by atoms with Crippen LogP contribution in [0, 0.1) is 5.92 Å². The Bertz CT molecular complexity index is 885. The number of carboxylic acids is 1. The minimum Gasteiger partial charge on any atom is -0.481 e. The number of hydrogen-bond donors (Lipinski definition) is 2. The number of carboxylic acid groups (broad SMARTS) is 1. The van der Waals surface area contributed by atoms with Gasteiger partial charge in [-0.2, -0.15) is 0 Å². The SMILES string of the molecule is CC(C)(C(=O)O)c1ccc(NC(=O)C2CC23CCc2ccccc23)cc1. The van der Waals surface area contributed by atoms with E-state index in [0.717, 1.165) is 24.8 Å². The summed E-state index contributed by atoms with van der Waals surface area (Å²) in [5.41, 5.74) is 3.24. The number of aliphatic carboxylic acids is 1. The van der Waals surface area contributed by atoms with Crippen molar-refractivity contribution in [2.75, 3.05) is 5.32 Å². The van der Waals surface area contributed by atoms with E-state index in [1.54, 1.807) is 38.1 Å². The van der Waals surface area contributed by atoms with Crippen LogP contribution in [0.4, 0.5) is 5.69 Å². The van der Waals surface area contributed by atoms with Gasteiger partial charge in [-0.3, -0.25) is 9.59 Å². The van der Waals surface area contributed by atoms with Gasteiger partial charge in [0.25, 0.3) is 0 Å². The Labute approximate surface area is 153 Å². The Balaban J connectivity index is 1.47. The van der Waals surface area contributed by atoms with Crippen LogP contribution in [0.15, 0.2) is 48.5 Å². The first-order chi connectivity index (χ1) is 12.3. The number of hydrogen-bond acceptors (Lipinski definition) is 2. The summed E-state index contributed by atoms with van der Waals surface area (Å²) in [6, 6.07) is 15.6. The van der Waals surface area contributed by atoms with E-state index in [1.807, 2.05) is 0 Å². The van der Waals surface area contributed by atoms with Crippen molar-refractivity contribution < 1.29 is 14.7 Å². The molecular weight excluding hydrogens is 326 g/mol. The van der Waals surface area contributed by atoms with Crippen molar-refractivity contribution in [2.45, 2.75) is 43.9 Å². The largest absolute Gasteiger partial charge is 0.481 e. The van der Waals surface area contributed by atoms with E-state index in [1.165, 1.54) is 11.1 Å². The van der Waals surface area contributed by atoms with Crippen molar-refractivity contribution in [3.8, 4) is 0 Å². The van der Waals surface area contributed by atoms with E-state index in [9.17, 15) is 14.7 Å². The highest BCUT2D eigenvalue weighted by molar-refractivity contribution is 5.96. The van der Waals surface area contributed by atoms with Gasteiger partial charge in [-0.1, -0.05) is 36.4 Å². The number of carbonyl (C=O) groups excluding carboxylic acids is 1. The molecule has 0 saturated heterocycles. The average molecular weight is 349 g/mol. The number of anilines is 1. The van der Waals surface area contributed by atoms with E-state index in [-0.39, 0.29) is 17.2 Å². The van der Waals surface area contributed by atoms with Crippen molar-refractivity contribution in [1.82, 2.24) is 0 Å². The maximum atomic E-state index is 12.7. The number of nitrogens with one attached hydrogen (secondary N) is 1. The van der Waals surface area contributed by atoms with Crippen LogP contribution in [0.1, 0.15) is 43.4 Å². The maximum absolute atomic E-state index is 12.7. The number of fused-ring (bicyclic) bond motifs is 2. The van der Waals surface area contributed by atoms with Gasteiger partial charge in [0.2, 0.25) is 5.91 Å². The molecule has 2 atom stereocenters. The van der Waals surface area contributed by atoms with E-state index in [4.69, 9.17) is 0 Å². The number of aryl methyl sites for hydroxylation is 1. The highest BCUT2D eigenvalue weighted by Gasteiger charge is 2.61. The molecule has 1 saturated carbocycles. The van der Waals surface area contributed by atoms with Gasteiger partial charge in [-0.05, 0) is 61.9 Å². The molecule has 0 aliphatic heterocycles. The summed E-state index contributed by atoms with van der Waals surface area (Å²) >= 11 is 0. The molecule has 2 unspecified atom stereocenters. The van der Waals surface area contributed by atoms with Gasteiger partial charge >= 0.3 is 5.97 Å². The highest BCUT2D eigenvalue weighted by Crippen LogP contribution is 2.61. The third-order valence-corrected chi connectivity index (χ3v) is 6.19. The lowest BCUT2D eigenvalue weighted by Crippen LogP contribution is -2.28. The second-order valence-corrected chi connectivity index (χ2v) is 8.07. The Morgan fingerprint density at radius 1 is 1.12 bits per heavy atom. The lowest BCUT2D eigenvalue weighted by Gasteiger charge is -2.20. The Morgan fingerprint density at radius 3 is 2.50 bits per heavy atom. The van der Waals surface area contributed by atoms with Crippen molar-refractivity contribution in [2.24, 2.45) is 5.92 Å². The minimum absolute atomic E-state index is 0.0290. The second kappa shape index (κ2) is 5.70. The molecule has 0 radical (unpaired) electrons. The monoisotopic (exact) mass is 349 g/mol. The third-order valence-electron chi connectivity index (χ3n) is 6.19. The van der Waals surface area contributed by atoms with Crippen molar-refractivity contribution in [3.63, 3.8) is 0 Å². The summed E-state index contributed by atoms with van der Waals surface area (Å²) in [5.74, 6) is -0.776. The van der Waals surface area contributed by atoms with Gasteiger partial charge in [0.05, 0.1) is 5.41 Å². The maximum Gasteiger partial charge on any atom is 0.313 e. The topological polar surface area (TPSA) is 66.4 Å². The average Bonchev–Trinajstić information content (AvgIpc) is 3.25.